The van der Waals surface area contributed by atoms with Crippen LogP contribution in [0.2, 0.25) is 0 Å². The Morgan fingerprint density at radius 3 is 1.60 bits per heavy atom. The van der Waals surface area contributed by atoms with Crippen LogP contribution in [0, 0.1) is 6.92 Å². The van der Waals surface area contributed by atoms with Crippen LogP contribution >= 0.6 is 0 Å². The number of nitrogens with zero attached hydrogens (tertiary/aromatic N) is 1. The lowest BCUT2D eigenvalue weighted by Crippen LogP contribution is -2.19. The quantitative estimate of drug-likeness (QED) is 0.0262. The molecule has 0 aliphatic rings. The fourth-order valence-corrected chi connectivity index (χ4v) is 9.33. The monoisotopic (exact) mass is 897 g/mol. The first-order valence-electron chi connectivity index (χ1n) is 22.1. The van der Waals surface area contributed by atoms with Gasteiger partial charge in [0.25, 0.3) is 0 Å². The average Bonchev–Trinajstić information content (AvgIpc) is 3.37. The SMILES string of the molecule is C=C/C=C(\C(=C/C)c1ccccc1)N(c1c(O)c(C)c(/C(C=C)=C(/C=C\C)C(c2ccccc2)c2ccccc2)c(O)c1O)c1c(O)c(O)c(-c2cc3ccccc3c3ccccc23)c(O)c1O. The standard InChI is InChI=1S/C60H51NO7/c1-6-23-46(50(38-27-15-11-16-28-38)39-29-17-12-18-30-39)42(9-4)49-36(5)54(62)52(58(66)55(49)63)61(48(24-7-2)41(8-3)37-25-13-10-14-26-37)53-59(67)56(64)51(57(65)60(53)68)47-35-40-31-19-20-32-43(40)44-33-21-22-34-45(44)47/h6-35,50,62-68H,2,4H2,1,3,5H3/b23-6-,41-8-,46-42-,48-24+. The van der Waals surface area contributed by atoms with E-state index in [1.165, 1.54) is 12.2 Å². The third-order valence-electron chi connectivity index (χ3n) is 12.4. The molecule has 0 saturated carbocycles. The second-order valence-corrected chi connectivity index (χ2v) is 16.2. The van der Waals surface area contributed by atoms with Gasteiger partial charge in [-0.1, -0.05) is 183 Å². The maximum absolute atomic E-state index is 12.7. The second-order valence-electron chi connectivity index (χ2n) is 16.2. The maximum atomic E-state index is 12.7. The molecule has 68 heavy (non-hydrogen) atoms. The van der Waals surface area contributed by atoms with Gasteiger partial charge in [-0.3, -0.25) is 4.90 Å². The van der Waals surface area contributed by atoms with Crippen LogP contribution in [-0.4, -0.2) is 35.7 Å². The molecule has 8 aromatic carbocycles. The van der Waals surface area contributed by atoms with Gasteiger partial charge in [-0.15, -0.1) is 0 Å². The highest BCUT2D eigenvalue weighted by atomic mass is 16.3. The van der Waals surface area contributed by atoms with Gasteiger partial charge in [0.1, 0.15) is 17.1 Å². The van der Waals surface area contributed by atoms with Crippen molar-refractivity contribution in [1.29, 1.82) is 0 Å². The molecule has 8 aromatic rings. The molecule has 0 fully saturated rings. The first-order chi connectivity index (χ1) is 33.0. The number of fused-ring (bicyclic) bond motifs is 3. The van der Waals surface area contributed by atoms with Crippen molar-refractivity contribution in [2.24, 2.45) is 0 Å². The molecule has 0 spiro atoms. The Labute approximate surface area is 395 Å². The number of phenols is 7. The average molecular weight is 898 g/mol. The van der Waals surface area contributed by atoms with Gasteiger partial charge in [-0.25, -0.2) is 0 Å². The molecular weight excluding hydrogens is 847 g/mol. The third kappa shape index (κ3) is 7.88. The summed E-state index contributed by atoms with van der Waals surface area (Å²) in [7, 11) is 0. The molecule has 0 atom stereocenters. The number of hydrogen-bond acceptors (Lipinski definition) is 8. The number of rotatable bonds is 13. The maximum Gasteiger partial charge on any atom is 0.186 e. The Balaban J connectivity index is 1.46. The molecule has 0 saturated heterocycles. The number of anilines is 2. The first kappa shape index (κ1) is 45.7. The zero-order valence-corrected chi connectivity index (χ0v) is 37.9. The van der Waals surface area contributed by atoms with E-state index in [-0.39, 0.29) is 22.4 Å². The highest BCUT2D eigenvalue weighted by Gasteiger charge is 2.37. The van der Waals surface area contributed by atoms with Gasteiger partial charge in [0.2, 0.25) is 0 Å². The predicted octanol–water partition coefficient (Wildman–Crippen LogP) is 14.6. The van der Waals surface area contributed by atoms with Gasteiger partial charge in [-0.05, 0) is 87.9 Å². The molecule has 8 heteroatoms. The molecule has 0 aliphatic heterocycles. The summed E-state index contributed by atoms with van der Waals surface area (Å²) in [6.45, 7) is 13.3. The van der Waals surface area contributed by atoms with E-state index in [1.54, 1.807) is 38.1 Å². The summed E-state index contributed by atoms with van der Waals surface area (Å²) in [5.74, 6) is -5.95. The van der Waals surface area contributed by atoms with Gasteiger partial charge < -0.3 is 35.7 Å². The number of hydrogen-bond donors (Lipinski definition) is 7. The Bertz CT molecular complexity index is 3270. The normalized spacial score (nSPS) is 12.5. The van der Waals surface area contributed by atoms with E-state index in [9.17, 15) is 35.7 Å². The zero-order valence-electron chi connectivity index (χ0n) is 37.9. The zero-order chi connectivity index (χ0) is 48.2. The van der Waals surface area contributed by atoms with Crippen molar-refractivity contribution < 1.29 is 35.7 Å². The summed E-state index contributed by atoms with van der Waals surface area (Å²) in [6, 6.07) is 45.5. The Hall–Kier alpha value is -8.88. The molecule has 0 heterocycles. The van der Waals surface area contributed by atoms with Crippen molar-refractivity contribution in [2.45, 2.75) is 26.7 Å². The van der Waals surface area contributed by atoms with Crippen LogP contribution in [0.1, 0.15) is 47.6 Å². The summed E-state index contributed by atoms with van der Waals surface area (Å²) in [4.78, 5) is 1.10. The Morgan fingerprint density at radius 1 is 0.559 bits per heavy atom. The van der Waals surface area contributed by atoms with Crippen molar-refractivity contribution in [3.05, 3.63) is 234 Å². The van der Waals surface area contributed by atoms with E-state index in [0.717, 1.165) is 32.2 Å². The van der Waals surface area contributed by atoms with Crippen LogP contribution in [0.5, 0.6) is 40.2 Å². The summed E-state index contributed by atoms with van der Waals surface area (Å²) in [5, 5.41) is 90.2. The lowest BCUT2D eigenvalue weighted by atomic mass is 9.80. The van der Waals surface area contributed by atoms with E-state index >= 15 is 0 Å². The highest BCUT2D eigenvalue weighted by molar-refractivity contribution is 6.15. The van der Waals surface area contributed by atoms with E-state index in [4.69, 9.17) is 0 Å². The molecular formula is C60H51NO7. The number of benzene rings is 8. The molecule has 0 unspecified atom stereocenters. The van der Waals surface area contributed by atoms with Gasteiger partial charge in [0.05, 0.1) is 11.3 Å². The van der Waals surface area contributed by atoms with Crippen LogP contribution in [0.4, 0.5) is 11.4 Å². The van der Waals surface area contributed by atoms with Crippen LogP contribution in [0.3, 0.4) is 0 Å². The van der Waals surface area contributed by atoms with Crippen LogP contribution in [-0.2, 0) is 0 Å². The lowest BCUT2D eigenvalue weighted by Gasteiger charge is -2.33. The summed E-state index contributed by atoms with van der Waals surface area (Å²) >= 11 is 0. The van der Waals surface area contributed by atoms with Gasteiger partial charge in [-0.2, -0.15) is 0 Å². The first-order valence-corrected chi connectivity index (χ1v) is 22.1. The lowest BCUT2D eigenvalue weighted by molar-refractivity contribution is 0.376. The number of allylic oxidation sites excluding steroid dienone is 9. The van der Waals surface area contributed by atoms with E-state index < -0.39 is 57.5 Å². The largest absolute Gasteiger partial charge is 0.505 e. The van der Waals surface area contributed by atoms with E-state index in [2.05, 4.69) is 13.2 Å². The van der Waals surface area contributed by atoms with Crippen molar-refractivity contribution in [3.63, 3.8) is 0 Å². The number of aromatic hydroxyl groups is 7. The summed E-state index contributed by atoms with van der Waals surface area (Å²) in [5.41, 5.74) is 3.20. The van der Waals surface area contributed by atoms with Crippen molar-refractivity contribution in [3.8, 4) is 51.4 Å². The van der Waals surface area contributed by atoms with Crippen molar-refractivity contribution in [2.75, 3.05) is 4.90 Å². The molecule has 0 aliphatic carbocycles. The van der Waals surface area contributed by atoms with Crippen LogP contribution in [0.15, 0.2) is 206 Å². The van der Waals surface area contributed by atoms with E-state index in [0.29, 0.717) is 33.2 Å². The van der Waals surface area contributed by atoms with Crippen molar-refractivity contribution >= 4 is 44.1 Å². The summed E-state index contributed by atoms with van der Waals surface area (Å²) < 4.78 is 0. The number of phenolic OH excluding ortho intramolecular Hbond substituents is 7. The van der Waals surface area contributed by atoms with Gasteiger partial charge in [0, 0.05) is 22.6 Å². The van der Waals surface area contributed by atoms with Crippen molar-refractivity contribution in [1.82, 2.24) is 0 Å². The van der Waals surface area contributed by atoms with Gasteiger partial charge in [0.15, 0.2) is 34.5 Å². The smallest absolute Gasteiger partial charge is 0.186 e. The second kappa shape index (κ2) is 19.3. The Morgan fingerprint density at radius 2 is 1.06 bits per heavy atom. The minimum atomic E-state index is -0.915. The molecule has 0 radical (unpaired) electrons. The molecule has 0 bridgehead atoms. The predicted molar refractivity (Wildman–Crippen MR) is 277 cm³/mol. The molecule has 0 amide bonds. The third-order valence-corrected chi connectivity index (χ3v) is 12.4. The molecule has 338 valence electrons. The fraction of sp³-hybridized carbons (Fsp3) is 0.0667. The molecule has 8 rings (SSSR count). The summed E-state index contributed by atoms with van der Waals surface area (Å²) in [6.07, 6.45) is 10.0. The van der Waals surface area contributed by atoms with E-state index in [1.807, 2.05) is 153 Å². The molecule has 7 N–H and O–H groups in total. The minimum absolute atomic E-state index is 0.0601. The highest BCUT2D eigenvalue weighted by Crippen LogP contribution is 2.62. The van der Waals surface area contributed by atoms with Gasteiger partial charge >= 0.3 is 0 Å². The van der Waals surface area contributed by atoms with Crippen LogP contribution in [0.25, 0.3) is 43.8 Å². The topological polar surface area (TPSA) is 145 Å². The Kier molecular flexibility index (Phi) is 13.0. The fourth-order valence-electron chi connectivity index (χ4n) is 9.33. The molecule has 8 nitrogen and oxygen atoms in total. The van der Waals surface area contributed by atoms with Crippen LogP contribution < -0.4 is 4.90 Å². The minimum Gasteiger partial charge on any atom is -0.505 e. The molecule has 0 aromatic heterocycles.